The van der Waals surface area contributed by atoms with Gasteiger partial charge < -0.3 is 0 Å². The molecule has 0 saturated heterocycles. The fraction of sp³-hybridized carbons (Fsp3) is 0. The third kappa shape index (κ3) is 0.741. The van der Waals surface area contributed by atoms with Crippen molar-refractivity contribution < 1.29 is 0 Å². The number of hydrogen-bond acceptors (Lipinski definition) is 4. The molecule has 5 nitrogen and oxygen atoms in total. The molecule has 8 heavy (non-hydrogen) atoms. The number of tetrazole rings is 1. The van der Waals surface area contributed by atoms with Crippen molar-refractivity contribution in [3.8, 4) is 6.07 Å². The zero-order valence-corrected chi connectivity index (χ0v) is 4.37. The summed E-state index contributed by atoms with van der Waals surface area (Å²) in [6.07, 6.45) is 0. The van der Waals surface area contributed by atoms with Crippen molar-refractivity contribution in [2.75, 3.05) is 0 Å². The zero-order valence-electron chi connectivity index (χ0n) is 3.61. The molecule has 1 aromatic rings. The van der Waals surface area contributed by atoms with Crippen molar-refractivity contribution in [1.82, 2.24) is 19.7 Å². The number of nitrogens with zero attached hydrogens (tertiary/aromatic N) is 5. The van der Waals surface area contributed by atoms with Gasteiger partial charge >= 0.3 is 0 Å². The van der Waals surface area contributed by atoms with Crippen LogP contribution in [0.25, 0.3) is 0 Å². The lowest BCUT2D eigenvalue weighted by molar-refractivity contribution is 0.803. The molecule has 1 aromatic heterocycles. The summed E-state index contributed by atoms with van der Waals surface area (Å²) in [5.41, 5.74) is 0. The fourth-order valence-electron chi connectivity index (χ4n) is 0.242. The van der Waals surface area contributed by atoms with Crippen LogP contribution in [0.1, 0.15) is 5.82 Å². The van der Waals surface area contributed by atoms with E-state index in [9.17, 15) is 0 Å². The summed E-state index contributed by atoms with van der Waals surface area (Å²) in [5.74, 6) is -0.0278. The van der Waals surface area contributed by atoms with Crippen LogP contribution in [0.4, 0.5) is 0 Å². The van der Waals surface area contributed by atoms with Crippen LogP contribution in [0.15, 0.2) is 0 Å². The van der Waals surface area contributed by atoms with Crippen molar-refractivity contribution >= 4 is 11.8 Å². The van der Waals surface area contributed by atoms with Crippen LogP contribution in [0.3, 0.4) is 0 Å². The summed E-state index contributed by atoms with van der Waals surface area (Å²) >= 11 is 5.12. The standard InChI is InChI=1S/C2ClN5/c3-8-6-2(1-4)5-7-8. The van der Waals surface area contributed by atoms with Gasteiger partial charge in [0.2, 0.25) is 0 Å². The van der Waals surface area contributed by atoms with Crippen LogP contribution < -0.4 is 0 Å². The Labute approximate surface area is 49.6 Å². The maximum Gasteiger partial charge on any atom is 0.275 e. The van der Waals surface area contributed by atoms with Crippen LogP contribution in [0.5, 0.6) is 0 Å². The molecule has 0 bridgehead atoms. The fourth-order valence-corrected chi connectivity index (χ4v) is 0.348. The van der Waals surface area contributed by atoms with Gasteiger partial charge in [0.1, 0.15) is 6.07 Å². The second-order valence-corrected chi connectivity index (χ2v) is 1.27. The van der Waals surface area contributed by atoms with Gasteiger partial charge in [0.25, 0.3) is 5.82 Å². The van der Waals surface area contributed by atoms with Crippen molar-refractivity contribution in [2.24, 2.45) is 0 Å². The predicted molar refractivity (Wildman–Crippen MR) is 23.8 cm³/mol. The Morgan fingerprint density at radius 1 is 1.75 bits per heavy atom. The Morgan fingerprint density at radius 3 is 2.75 bits per heavy atom. The molecule has 0 N–H and O–H groups in total. The Bertz CT molecular complexity index is 221. The van der Waals surface area contributed by atoms with Gasteiger partial charge in [-0.3, -0.25) is 0 Å². The topological polar surface area (TPSA) is 67.4 Å². The lowest BCUT2D eigenvalue weighted by Gasteiger charge is -1.67. The molecule has 0 atom stereocenters. The van der Waals surface area contributed by atoms with E-state index in [4.69, 9.17) is 17.0 Å². The van der Waals surface area contributed by atoms with Gasteiger partial charge in [-0.2, -0.15) is 5.26 Å². The van der Waals surface area contributed by atoms with E-state index in [1.807, 2.05) is 0 Å². The van der Waals surface area contributed by atoms with E-state index in [1.165, 1.54) is 0 Å². The van der Waals surface area contributed by atoms with Crippen molar-refractivity contribution in [3.63, 3.8) is 0 Å². The molecule has 0 radical (unpaired) electrons. The highest BCUT2D eigenvalue weighted by Crippen LogP contribution is 1.81. The summed E-state index contributed by atoms with van der Waals surface area (Å²) in [6.45, 7) is 0. The Hall–Kier alpha value is -1.15. The molecule has 0 aliphatic rings. The zero-order chi connectivity index (χ0) is 5.98. The normalized spacial score (nSPS) is 8.50. The van der Waals surface area contributed by atoms with Crippen LogP contribution in [-0.4, -0.2) is 19.7 Å². The number of aromatic nitrogens is 4. The monoisotopic (exact) mass is 129 g/mol. The van der Waals surface area contributed by atoms with E-state index >= 15 is 0 Å². The van der Waals surface area contributed by atoms with Gasteiger partial charge in [-0.25, -0.2) is 0 Å². The minimum absolute atomic E-state index is 0.0278. The minimum Gasteiger partial charge on any atom is -0.189 e. The first-order valence-electron chi connectivity index (χ1n) is 1.69. The largest absolute Gasteiger partial charge is 0.275 e. The first-order valence-corrected chi connectivity index (χ1v) is 2.03. The average molecular weight is 130 g/mol. The third-order valence-corrected chi connectivity index (χ3v) is 0.634. The van der Waals surface area contributed by atoms with E-state index < -0.39 is 0 Å². The molecule has 0 spiro atoms. The molecule has 1 rings (SSSR count). The van der Waals surface area contributed by atoms with E-state index in [-0.39, 0.29) is 5.82 Å². The predicted octanol–water partition coefficient (Wildman–Crippen LogP) is -0.453. The summed E-state index contributed by atoms with van der Waals surface area (Å²) in [7, 11) is 0. The van der Waals surface area contributed by atoms with Gasteiger partial charge in [0.15, 0.2) is 0 Å². The molecule has 0 fully saturated rings. The highest BCUT2D eigenvalue weighted by atomic mass is 35.5. The Kier molecular flexibility index (Phi) is 1.10. The SMILES string of the molecule is N#Cc1nnn(Cl)n1. The van der Waals surface area contributed by atoms with Gasteiger partial charge in [-0.15, -0.1) is 5.10 Å². The first kappa shape index (κ1) is 5.00. The molecular formula is C2ClN5. The molecule has 0 saturated carbocycles. The first-order chi connectivity index (χ1) is 3.83. The molecule has 6 heteroatoms. The van der Waals surface area contributed by atoms with E-state index in [2.05, 4.69) is 15.4 Å². The van der Waals surface area contributed by atoms with Gasteiger partial charge in [-0.05, 0) is 5.21 Å². The van der Waals surface area contributed by atoms with Gasteiger partial charge in [0, 0.05) is 0 Å². The number of rotatable bonds is 0. The number of halogens is 1. The number of hydrogen-bond donors (Lipinski definition) is 0. The molecule has 0 aliphatic heterocycles. The average Bonchev–Trinajstić information content (AvgIpc) is 2.14. The van der Waals surface area contributed by atoms with Crippen molar-refractivity contribution in [2.45, 2.75) is 0 Å². The van der Waals surface area contributed by atoms with Crippen molar-refractivity contribution in [3.05, 3.63) is 5.82 Å². The lowest BCUT2D eigenvalue weighted by atomic mass is 10.7. The molecule has 0 aromatic carbocycles. The molecule has 0 aliphatic carbocycles. The van der Waals surface area contributed by atoms with E-state index in [1.54, 1.807) is 6.07 Å². The Morgan fingerprint density at radius 2 is 2.50 bits per heavy atom. The van der Waals surface area contributed by atoms with Crippen LogP contribution in [0, 0.1) is 11.3 Å². The summed E-state index contributed by atoms with van der Waals surface area (Å²) in [5, 5.41) is 17.8. The second kappa shape index (κ2) is 1.76. The van der Waals surface area contributed by atoms with Crippen LogP contribution >= 0.6 is 11.8 Å². The summed E-state index contributed by atoms with van der Waals surface area (Å²) in [4.78, 5) is 0. The molecule has 40 valence electrons. The minimum atomic E-state index is -0.0278. The molecule has 0 unspecified atom stereocenters. The van der Waals surface area contributed by atoms with Gasteiger partial charge in [0.05, 0.1) is 11.8 Å². The molecular weight excluding hydrogens is 130 g/mol. The van der Waals surface area contributed by atoms with Crippen LogP contribution in [-0.2, 0) is 0 Å². The second-order valence-electron chi connectivity index (χ2n) is 0.965. The van der Waals surface area contributed by atoms with Gasteiger partial charge in [-0.1, -0.05) is 9.41 Å². The summed E-state index contributed by atoms with van der Waals surface area (Å²) < 4.78 is 0.707. The summed E-state index contributed by atoms with van der Waals surface area (Å²) in [6, 6.07) is 1.66. The highest BCUT2D eigenvalue weighted by molar-refractivity contribution is 6.13. The van der Waals surface area contributed by atoms with Crippen molar-refractivity contribution in [1.29, 1.82) is 5.26 Å². The number of nitriles is 1. The highest BCUT2D eigenvalue weighted by Gasteiger charge is 1.94. The van der Waals surface area contributed by atoms with Crippen LogP contribution in [0.2, 0.25) is 0 Å². The van der Waals surface area contributed by atoms with E-state index in [0.29, 0.717) is 4.32 Å². The molecule has 0 amide bonds. The smallest absolute Gasteiger partial charge is 0.189 e. The third-order valence-electron chi connectivity index (χ3n) is 0.490. The quantitative estimate of drug-likeness (QED) is 0.476. The van der Waals surface area contributed by atoms with E-state index in [0.717, 1.165) is 0 Å². The lowest BCUT2D eigenvalue weighted by Crippen LogP contribution is -1.83. The molecule has 1 heterocycles. The Balaban J connectivity index is 3.05. The maximum absolute atomic E-state index is 8.06. The maximum atomic E-state index is 8.06.